The fraction of sp³-hybridized carbons (Fsp3) is 0.364. The first-order valence-corrected chi connectivity index (χ1v) is 10.6. The third-order valence-corrected chi connectivity index (χ3v) is 6.57. The normalized spacial score (nSPS) is 17.6. The number of methoxy groups -OCH3 is 1. The standard InChI is InChI=1S/C22H22ClN5O3/c1-11-4-7-24-20(31-3)15(11)19-25-14-10-13-16(17(23)18(14)26-19)22(30)28(21(13)29)12-5-8-27(2)9-6-12/h4,7,10,12H,5-6,8-9H2,1-3H3,(H,25,26). The van der Waals surface area contributed by atoms with Crippen molar-refractivity contribution in [3.05, 3.63) is 40.0 Å². The van der Waals surface area contributed by atoms with Crippen molar-refractivity contribution >= 4 is 34.4 Å². The maximum atomic E-state index is 13.2. The Morgan fingerprint density at radius 3 is 2.65 bits per heavy atom. The highest BCUT2D eigenvalue weighted by Gasteiger charge is 2.43. The third kappa shape index (κ3) is 3.01. The summed E-state index contributed by atoms with van der Waals surface area (Å²) in [5, 5.41) is 0.198. The summed E-state index contributed by atoms with van der Waals surface area (Å²) in [5.41, 5.74) is 3.25. The first-order valence-electron chi connectivity index (χ1n) is 10.2. The van der Waals surface area contributed by atoms with E-state index in [1.807, 2.05) is 20.0 Å². The zero-order valence-electron chi connectivity index (χ0n) is 17.5. The largest absolute Gasteiger partial charge is 0.480 e. The van der Waals surface area contributed by atoms with Crippen LogP contribution in [0, 0.1) is 6.92 Å². The summed E-state index contributed by atoms with van der Waals surface area (Å²) in [7, 11) is 3.59. The average molecular weight is 440 g/mol. The molecule has 1 saturated heterocycles. The number of piperidine rings is 1. The molecule has 1 fully saturated rings. The number of fused-ring (bicyclic) bond motifs is 2. The second kappa shape index (κ2) is 7.32. The van der Waals surface area contributed by atoms with Gasteiger partial charge in [-0.2, -0.15) is 0 Å². The third-order valence-electron chi connectivity index (χ3n) is 6.21. The summed E-state index contributed by atoms with van der Waals surface area (Å²) >= 11 is 6.65. The highest BCUT2D eigenvalue weighted by atomic mass is 35.5. The van der Waals surface area contributed by atoms with Gasteiger partial charge in [-0.25, -0.2) is 9.97 Å². The van der Waals surface area contributed by atoms with Gasteiger partial charge in [-0.3, -0.25) is 14.5 Å². The van der Waals surface area contributed by atoms with Crippen molar-refractivity contribution in [2.24, 2.45) is 0 Å². The van der Waals surface area contributed by atoms with Crippen LogP contribution in [0.5, 0.6) is 5.88 Å². The van der Waals surface area contributed by atoms with E-state index in [4.69, 9.17) is 16.3 Å². The van der Waals surface area contributed by atoms with Crippen LogP contribution in [0.15, 0.2) is 18.3 Å². The SMILES string of the molecule is COc1nccc(C)c1-c1nc2c(Cl)c3c(cc2[nH]1)C(=O)N(C1CCN(C)CC1)C3=O. The zero-order chi connectivity index (χ0) is 21.9. The van der Waals surface area contributed by atoms with E-state index in [0.717, 1.165) is 31.5 Å². The molecule has 0 radical (unpaired) electrons. The number of ether oxygens (including phenoxy) is 1. The Morgan fingerprint density at radius 1 is 1.19 bits per heavy atom. The molecule has 0 aliphatic carbocycles. The number of likely N-dealkylation sites (tertiary alicyclic amines) is 1. The minimum atomic E-state index is -0.332. The summed E-state index contributed by atoms with van der Waals surface area (Å²) < 4.78 is 5.39. The summed E-state index contributed by atoms with van der Waals surface area (Å²) in [6.07, 6.45) is 3.19. The highest BCUT2D eigenvalue weighted by molar-refractivity contribution is 6.41. The molecule has 1 N–H and O–H groups in total. The number of amides is 2. The monoisotopic (exact) mass is 439 g/mol. The van der Waals surface area contributed by atoms with Gasteiger partial charge in [0.05, 0.1) is 34.3 Å². The van der Waals surface area contributed by atoms with E-state index in [-0.39, 0.29) is 28.4 Å². The van der Waals surface area contributed by atoms with Gasteiger partial charge in [0, 0.05) is 12.2 Å². The fourth-order valence-corrected chi connectivity index (χ4v) is 4.84. The summed E-state index contributed by atoms with van der Waals surface area (Å²) in [4.78, 5) is 42.1. The number of imidazole rings is 1. The molecule has 0 spiro atoms. The van der Waals surface area contributed by atoms with Gasteiger partial charge in [0.1, 0.15) is 11.3 Å². The number of carbonyl (C=O) groups is 2. The molecule has 2 aromatic heterocycles. The molecular formula is C22H22ClN5O3. The molecule has 2 aliphatic rings. The van der Waals surface area contributed by atoms with Gasteiger partial charge in [-0.05, 0) is 57.6 Å². The maximum Gasteiger partial charge on any atom is 0.263 e. The average Bonchev–Trinajstić information content (AvgIpc) is 3.28. The van der Waals surface area contributed by atoms with Gasteiger partial charge in [0.25, 0.3) is 11.8 Å². The predicted molar refractivity (Wildman–Crippen MR) is 117 cm³/mol. The quantitative estimate of drug-likeness (QED) is 0.630. The number of hydrogen-bond acceptors (Lipinski definition) is 6. The molecule has 0 atom stereocenters. The molecule has 8 nitrogen and oxygen atoms in total. The number of hydrogen-bond donors (Lipinski definition) is 1. The molecule has 5 rings (SSSR count). The molecular weight excluding hydrogens is 418 g/mol. The van der Waals surface area contributed by atoms with Gasteiger partial charge in [0.2, 0.25) is 5.88 Å². The van der Waals surface area contributed by atoms with Crippen molar-refractivity contribution in [2.45, 2.75) is 25.8 Å². The topological polar surface area (TPSA) is 91.4 Å². The lowest BCUT2D eigenvalue weighted by Crippen LogP contribution is -2.46. The van der Waals surface area contributed by atoms with E-state index in [9.17, 15) is 9.59 Å². The number of halogens is 1. The smallest absolute Gasteiger partial charge is 0.263 e. The van der Waals surface area contributed by atoms with Crippen molar-refractivity contribution in [1.29, 1.82) is 0 Å². The van der Waals surface area contributed by atoms with Crippen LogP contribution >= 0.6 is 11.6 Å². The Morgan fingerprint density at radius 2 is 1.94 bits per heavy atom. The number of nitrogens with one attached hydrogen (secondary N) is 1. The Balaban J connectivity index is 1.60. The fourth-order valence-electron chi connectivity index (χ4n) is 4.51. The summed E-state index contributed by atoms with van der Waals surface area (Å²) in [6, 6.07) is 3.43. The minimum absolute atomic E-state index is 0.108. The van der Waals surface area contributed by atoms with Crippen LogP contribution in [-0.4, -0.2) is 69.9 Å². The molecule has 160 valence electrons. The van der Waals surface area contributed by atoms with Crippen molar-refractivity contribution in [1.82, 2.24) is 24.8 Å². The van der Waals surface area contributed by atoms with Gasteiger partial charge >= 0.3 is 0 Å². The first kappa shape index (κ1) is 20.0. The van der Waals surface area contributed by atoms with E-state index in [0.29, 0.717) is 33.9 Å². The number of benzene rings is 1. The van der Waals surface area contributed by atoms with Gasteiger partial charge < -0.3 is 14.6 Å². The molecule has 2 amide bonds. The Labute approximate surface area is 184 Å². The number of aromatic amines is 1. The molecule has 2 aliphatic heterocycles. The van der Waals surface area contributed by atoms with E-state index < -0.39 is 0 Å². The number of H-pyrrole nitrogens is 1. The van der Waals surface area contributed by atoms with Crippen LogP contribution in [0.4, 0.5) is 0 Å². The number of nitrogens with zero attached hydrogens (tertiary/aromatic N) is 4. The van der Waals surface area contributed by atoms with Crippen LogP contribution in [-0.2, 0) is 0 Å². The number of imide groups is 1. The van der Waals surface area contributed by atoms with Crippen LogP contribution in [0.1, 0.15) is 39.1 Å². The van der Waals surface area contributed by atoms with Crippen molar-refractivity contribution in [3.63, 3.8) is 0 Å². The van der Waals surface area contributed by atoms with Crippen LogP contribution < -0.4 is 4.74 Å². The lowest BCUT2D eigenvalue weighted by Gasteiger charge is -2.33. The van der Waals surface area contributed by atoms with Crippen molar-refractivity contribution in [2.75, 3.05) is 27.2 Å². The lowest BCUT2D eigenvalue weighted by molar-refractivity contribution is 0.0516. The lowest BCUT2D eigenvalue weighted by atomic mass is 10.0. The Bertz CT molecular complexity index is 1230. The second-order valence-electron chi connectivity index (χ2n) is 8.12. The summed E-state index contributed by atoms with van der Waals surface area (Å²) in [6.45, 7) is 3.63. The molecule has 9 heteroatoms. The molecule has 0 bridgehead atoms. The highest BCUT2D eigenvalue weighted by Crippen LogP contribution is 2.39. The van der Waals surface area contributed by atoms with Gasteiger partial charge in [0.15, 0.2) is 0 Å². The van der Waals surface area contributed by atoms with Crippen LogP contribution in [0.3, 0.4) is 0 Å². The van der Waals surface area contributed by atoms with E-state index in [2.05, 4.69) is 19.9 Å². The predicted octanol–water partition coefficient (Wildman–Crippen LogP) is 3.29. The Hall–Kier alpha value is -2.97. The van der Waals surface area contributed by atoms with E-state index in [1.165, 1.54) is 4.90 Å². The summed E-state index contributed by atoms with van der Waals surface area (Å²) in [5.74, 6) is 0.337. The minimum Gasteiger partial charge on any atom is -0.480 e. The number of aromatic nitrogens is 3. The number of rotatable bonds is 3. The molecule has 3 aromatic rings. The molecule has 0 unspecified atom stereocenters. The number of carbonyl (C=O) groups excluding carboxylic acids is 2. The Kier molecular flexibility index (Phi) is 4.71. The molecule has 31 heavy (non-hydrogen) atoms. The molecule has 1 aromatic carbocycles. The second-order valence-corrected chi connectivity index (χ2v) is 8.50. The molecule has 4 heterocycles. The maximum absolute atomic E-state index is 13.2. The number of pyridine rings is 1. The zero-order valence-corrected chi connectivity index (χ0v) is 18.3. The van der Waals surface area contributed by atoms with Crippen LogP contribution in [0.25, 0.3) is 22.4 Å². The van der Waals surface area contributed by atoms with Crippen molar-refractivity contribution < 1.29 is 14.3 Å². The first-order chi connectivity index (χ1) is 14.9. The van der Waals surface area contributed by atoms with Gasteiger partial charge in [-0.1, -0.05) is 11.6 Å². The van der Waals surface area contributed by atoms with E-state index in [1.54, 1.807) is 19.4 Å². The van der Waals surface area contributed by atoms with E-state index >= 15 is 0 Å². The number of aryl methyl sites for hydroxylation is 1. The van der Waals surface area contributed by atoms with Crippen molar-refractivity contribution in [3.8, 4) is 17.3 Å². The van der Waals surface area contributed by atoms with Gasteiger partial charge in [-0.15, -0.1) is 0 Å². The molecule has 0 saturated carbocycles. The van der Waals surface area contributed by atoms with Crippen LogP contribution in [0.2, 0.25) is 5.02 Å².